The molecule has 2 aromatic rings. The van der Waals surface area contributed by atoms with Gasteiger partial charge in [-0.1, -0.05) is 13.3 Å². The topological polar surface area (TPSA) is 127 Å². The smallest absolute Gasteiger partial charge is 0.312 e. The Labute approximate surface area is 178 Å². The van der Waals surface area contributed by atoms with Crippen LogP contribution in [0.15, 0.2) is 18.2 Å². The van der Waals surface area contributed by atoms with E-state index in [0.717, 1.165) is 23.4 Å². The molecule has 1 aliphatic heterocycles. The van der Waals surface area contributed by atoms with Crippen LogP contribution in [-0.4, -0.2) is 47.8 Å². The summed E-state index contributed by atoms with van der Waals surface area (Å²) in [7, 11) is 1.53. The Balaban J connectivity index is 1.66. The summed E-state index contributed by atoms with van der Waals surface area (Å²) in [6.45, 7) is 3.15. The Morgan fingerprint density at radius 1 is 1.33 bits per heavy atom. The molecule has 0 saturated carbocycles. The van der Waals surface area contributed by atoms with E-state index in [-0.39, 0.29) is 17.5 Å². The van der Waals surface area contributed by atoms with Crippen molar-refractivity contribution in [2.45, 2.75) is 32.7 Å². The van der Waals surface area contributed by atoms with E-state index < -0.39 is 11.8 Å². The van der Waals surface area contributed by atoms with Gasteiger partial charge in [0.2, 0.25) is 0 Å². The molecule has 0 spiro atoms. The summed E-state index contributed by atoms with van der Waals surface area (Å²) < 4.78 is 5.16. The lowest BCUT2D eigenvalue weighted by Crippen LogP contribution is -2.45. The van der Waals surface area contributed by atoms with E-state index in [2.05, 4.69) is 15.6 Å². The fourth-order valence-corrected chi connectivity index (χ4v) is 4.03. The third-order valence-electron chi connectivity index (χ3n) is 4.73. The second-order valence-electron chi connectivity index (χ2n) is 6.88. The van der Waals surface area contributed by atoms with Crippen LogP contribution in [-0.2, 0) is 22.6 Å². The van der Waals surface area contributed by atoms with Crippen LogP contribution >= 0.6 is 11.3 Å². The van der Waals surface area contributed by atoms with Crippen LogP contribution in [0.25, 0.3) is 0 Å². The van der Waals surface area contributed by atoms with Gasteiger partial charge in [-0.3, -0.25) is 14.4 Å². The molecule has 3 rings (SSSR count). The van der Waals surface area contributed by atoms with Gasteiger partial charge in [-0.15, -0.1) is 11.3 Å². The van der Waals surface area contributed by atoms with Crippen LogP contribution in [0.4, 0.5) is 11.4 Å². The van der Waals surface area contributed by atoms with Gasteiger partial charge < -0.3 is 26.0 Å². The van der Waals surface area contributed by atoms with Crippen LogP contribution in [0.5, 0.6) is 5.75 Å². The minimum absolute atomic E-state index is 0.265. The second-order valence-corrected chi connectivity index (χ2v) is 7.97. The normalized spacial score (nSPS) is 12.8. The van der Waals surface area contributed by atoms with Crippen molar-refractivity contribution in [1.82, 2.24) is 15.2 Å². The second kappa shape index (κ2) is 9.57. The van der Waals surface area contributed by atoms with E-state index >= 15 is 0 Å². The number of thiazole rings is 1. The summed E-state index contributed by atoms with van der Waals surface area (Å²) in [6, 6.07) is 4.99. The maximum atomic E-state index is 12.6. The molecule has 3 amide bonds. The molecule has 4 N–H and O–H groups in total. The SMILES string of the molecule is CCCCNC(=O)C(=O)N1CCc2nc(C(=O)Nc3cc(OC)ccc3N)sc2C1. The van der Waals surface area contributed by atoms with Gasteiger partial charge in [0.25, 0.3) is 5.91 Å². The van der Waals surface area contributed by atoms with Crippen LogP contribution < -0.4 is 21.1 Å². The first-order chi connectivity index (χ1) is 14.4. The third kappa shape index (κ3) is 4.88. The Bertz CT molecular complexity index is 959. The largest absolute Gasteiger partial charge is 0.497 e. The summed E-state index contributed by atoms with van der Waals surface area (Å²) in [4.78, 5) is 43.8. The van der Waals surface area contributed by atoms with E-state index in [1.54, 1.807) is 18.2 Å². The number of methoxy groups -OCH3 is 1. The molecule has 0 atom stereocenters. The highest BCUT2D eigenvalue weighted by molar-refractivity contribution is 7.13. The number of rotatable bonds is 6. The fourth-order valence-electron chi connectivity index (χ4n) is 3.01. The number of ether oxygens (including phenoxy) is 1. The molecule has 2 heterocycles. The number of carbonyl (C=O) groups is 3. The van der Waals surface area contributed by atoms with Crippen LogP contribution in [0.2, 0.25) is 0 Å². The lowest BCUT2D eigenvalue weighted by molar-refractivity contribution is -0.146. The molecule has 0 bridgehead atoms. The number of nitrogens with one attached hydrogen (secondary N) is 2. The summed E-state index contributed by atoms with van der Waals surface area (Å²) in [5, 5.41) is 5.67. The van der Waals surface area contributed by atoms with E-state index in [0.29, 0.717) is 36.6 Å². The summed E-state index contributed by atoms with van der Waals surface area (Å²) in [6.07, 6.45) is 2.26. The van der Waals surface area contributed by atoms with Crippen molar-refractivity contribution >= 4 is 40.4 Å². The Kier molecular flexibility index (Phi) is 6.88. The van der Waals surface area contributed by atoms with Gasteiger partial charge in [-0.05, 0) is 18.6 Å². The Hall–Kier alpha value is -3.14. The van der Waals surface area contributed by atoms with Gasteiger partial charge in [0.1, 0.15) is 5.75 Å². The molecule has 30 heavy (non-hydrogen) atoms. The average molecular weight is 432 g/mol. The van der Waals surface area contributed by atoms with Gasteiger partial charge in [0.05, 0.1) is 30.7 Å². The first-order valence-corrected chi connectivity index (χ1v) is 10.5. The van der Waals surface area contributed by atoms with Gasteiger partial charge in [-0.25, -0.2) is 4.98 Å². The highest BCUT2D eigenvalue weighted by Crippen LogP contribution is 2.28. The third-order valence-corrected chi connectivity index (χ3v) is 5.81. The van der Waals surface area contributed by atoms with Gasteiger partial charge >= 0.3 is 11.8 Å². The monoisotopic (exact) mass is 431 g/mol. The molecule has 0 unspecified atom stereocenters. The highest BCUT2D eigenvalue weighted by Gasteiger charge is 2.29. The quantitative estimate of drug-likeness (QED) is 0.364. The Morgan fingerprint density at radius 3 is 2.87 bits per heavy atom. The van der Waals surface area contributed by atoms with E-state index in [1.165, 1.54) is 23.3 Å². The molecule has 9 nitrogen and oxygen atoms in total. The molecule has 0 saturated heterocycles. The maximum absolute atomic E-state index is 12.6. The van der Waals surface area contributed by atoms with Crippen molar-refractivity contribution in [3.63, 3.8) is 0 Å². The number of amides is 3. The van der Waals surface area contributed by atoms with Crippen LogP contribution in [0, 0.1) is 0 Å². The molecule has 1 aliphatic rings. The van der Waals surface area contributed by atoms with Gasteiger partial charge in [-0.2, -0.15) is 0 Å². The van der Waals surface area contributed by atoms with E-state index in [9.17, 15) is 14.4 Å². The summed E-state index contributed by atoms with van der Waals surface area (Å²) in [5.41, 5.74) is 7.55. The highest BCUT2D eigenvalue weighted by atomic mass is 32.1. The summed E-state index contributed by atoms with van der Waals surface area (Å²) >= 11 is 1.21. The first kappa shape index (κ1) is 21.6. The number of carbonyl (C=O) groups excluding carboxylic acids is 3. The zero-order chi connectivity index (χ0) is 21.7. The lowest BCUT2D eigenvalue weighted by atomic mass is 10.2. The minimum atomic E-state index is -0.595. The van der Waals surface area contributed by atoms with E-state index in [1.807, 2.05) is 6.92 Å². The number of hydrogen-bond donors (Lipinski definition) is 3. The molecule has 0 fully saturated rings. The fraction of sp³-hybridized carbons (Fsp3) is 0.400. The van der Waals surface area contributed by atoms with Crippen molar-refractivity contribution in [2.24, 2.45) is 0 Å². The maximum Gasteiger partial charge on any atom is 0.312 e. The van der Waals surface area contributed by atoms with Gasteiger partial charge in [0.15, 0.2) is 5.01 Å². The standard InChI is InChI=1S/C20H25N5O4S/c1-3-4-8-22-18(27)20(28)25-9-7-14-16(11-25)30-19(24-14)17(26)23-15-10-12(29-2)5-6-13(15)21/h5-6,10H,3-4,7-9,11,21H2,1-2H3,(H,22,27)(H,23,26). The zero-order valence-corrected chi connectivity index (χ0v) is 17.8. The predicted octanol–water partition coefficient (Wildman–Crippen LogP) is 1.79. The number of anilines is 2. The summed E-state index contributed by atoms with van der Waals surface area (Å²) in [5.74, 6) is -0.961. The van der Waals surface area contributed by atoms with Crippen LogP contribution in [0.1, 0.15) is 40.1 Å². The number of benzene rings is 1. The van der Waals surface area contributed by atoms with Crippen LogP contribution in [0.3, 0.4) is 0 Å². The zero-order valence-electron chi connectivity index (χ0n) is 17.0. The molecule has 1 aromatic heterocycles. The van der Waals surface area contributed by atoms with Crippen molar-refractivity contribution in [3.05, 3.63) is 33.8 Å². The molecular weight excluding hydrogens is 406 g/mol. The van der Waals surface area contributed by atoms with E-state index in [4.69, 9.17) is 10.5 Å². The number of unbranched alkanes of at least 4 members (excludes halogenated alkanes) is 1. The molecule has 10 heteroatoms. The number of hydrogen-bond acceptors (Lipinski definition) is 7. The molecule has 0 aliphatic carbocycles. The molecule has 160 valence electrons. The van der Waals surface area contributed by atoms with Crippen molar-refractivity contribution in [1.29, 1.82) is 0 Å². The number of aromatic nitrogens is 1. The van der Waals surface area contributed by atoms with Crippen molar-refractivity contribution in [2.75, 3.05) is 31.2 Å². The molecular formula is C20H25N5O4S. The molecule has 1 aromatic carbocycles. The lowest BCUT2D eigenvalue weighted by Gasteiger charge is -2.25. The van der Waals surface area contributed by atoms with Crippen molar-refractivity contribution in [3.8, 4) is 5.75 Å². The number of nitrogens with zero attached hydrogens (tertiary/aromatic N) is 2. The minimum Gasteiger partial charge on any atom is -0.497 e. The van der Waals surface area contributed by atoms with Gasteiger partial charge in [0, 0.05) is 30.5 Å². The number of nitrogen functional groups attached to an aromatic ring is 1. The number of fused-ring (bicyclic) bond motifs is 1. The first-order valence-electron chi connectivity index (χ1n) is 9.73. The average Bonchev–Trinajstić information content (AvgIpc) is 3.18. The Morgan fingerprint density at radius 2 is 2.13 bits per heavy atom. The van der Waals surface area contributed by atoms with Crippen molar-refractivity contribution < 1.29 is 19.1 Å². The number of nitrogens with two attached hydrogens (primary N) is 1. The molecule has 0 radical (unpaired) electrons. The predicted molar refractivity (Wildman–Crippen MR) is 115 cm³/mol.